The van der Waals surface area contributed by atoms with Crippen LogP contribution in [0.25, 0.3) is 10.9 Å². The van der Waals surface area contributed by atoms with Gasteiger partial charge in [0.1, 0.15) is 12.1 Å². The van der Waals surface area contributed by atoms with E-state index in [1.54, 1.807) is 24.3 Å². The van der Waals surface area contributed by atoms with Crippen LogP contribution in [0.1, 0.15) is 28.8 Å². The number of amides is 2. The predicted molar refractivity (Wildman–Crippen MR) is 89.1 cm³/mol. The van der Waals surface area contributed by atoms with Crippen LogP contribution in [0.4, 0.5) is 0 Å². The maximum atomic E-state index is 12.5. The van der Waals surface area contributed by atoms with Gasteiger partial charge in [-0.1, -0.05) is 12.1 Å². The van der Waals surface area contributed by atoms with Gasteiger partial charge in [0.25, 0.3) is 5.91 Å². The Morgan fingerprint density at radius 1 is 1.32 bits per heavy atom. The molecule has 0 radical (unpaired) electrons. The van der Waals surface area contributed by atoms with E-state index in [2.05, 4.69) is 16.4 Å². The lowest BCUT2D eigenvalue weighted by Gasteiger charge is -2.19. The van der Waals surface area contributed by atoms with Gasteiger partial charge in [0, 0.05) is 18.1 Å². The number of nitriles is 2. The summed E-state index contributed by atoms with van der Waals surface area (Å²) in [6.07, 6.45) is 2.93. The summed E-state index contributed by atoms with van der Waals surface area (Å²) in [4.78, 5) is 30.3. The van der Waals surface area contributed by atoms with Gasteiger partial charge in [-0.2, -0.15) is 10.5 Å². The van der Waals surface area contributed by atoms with Crippen molar-refractivity contribution in [3.63, 3.8) is 0 Å². The first kappa shape index (κ1) is 16.4. The molecule has 2 heterocycles. The standard InChI is InChI=1S/C18H15N5O2/c19-9-12-3-1-5-14-15(6-7-21-17(12)14)18(25)22-11-16(24)23-8-2-4-13(23)10-20/h1,3,5-7,13H,2,4,8,11H2,(H,22,25)/t13-/m0/s1. The number of carbonyl (C=O) groups excluding carboxylic acids is 2. The minimum absolute atomic E-state index is 0.168. The van der Waals surface area contributed by atoms with Crippen molar-refractivity contribution in [2.45, 2.75) is 18.9 Å². The Morgan fingerprint density at radius 3 is 2.92 bits per heavy atom. The molecule has 0 aliphatic carbocycles. The highest BCUT2D eigenvalue weighted by Gasteiger charge is 2.28. The summed E-state index contributed by atoms with van der Waals surface area (Å²) >= 11 is 0. The molecule has 3 rings (SSSR count). The van der Waals surface area contributed by atoms with Gasteiger partial charge >= 0.3 is 0 Å². The normalized spacial score (nSPS) is 16.2. The van der Waals surface area contributed by atoms with E-state index < -0.39 is 11.9 Å². The van der Waals surface area contributed by atoms with Gasteiger partial charge in [0.15, 0.2) is 0 Å². The first-order valence-electron chi connectivity index (χ1n) is 7.91. The molecule has 7 heteroatoms. The molecule has 0 bridgehead atoms. The second-order valence-corrected chi connectivity index (χ2v) is 5.73. The van der Waals surface area contributed by atoms with Gasteiger partial charge in [-0.05, 0) is 25.0 Å². The van der Waals surface area contributed by atoms with Gasteiger partial charge in [-0.25, -0.2) is 0 Å². The third-order valence-electron chi connectivity index (χ3n) is 4.26. The summed E-state index contributed by atoms with van der Waals surface area (Å²) in [7, 11) is 0. The van der Waals surface area contributed by atoms with Crippen molar-refractivity contribution < 1.29 is 9.59 Å². The fourth-order valence-corrected chi connectivity index (χ4v) is 3.02. The van der Waals surface area contributed by atoms with Crippen molar-refractivity contribution >= 4 is 22.7 Å². The maximum Gasteiger partial charge on any atom is 0.252 e. The molecule has 1 saturated heterocycles. The number of para-hydroxylation sites is 1. The summed E-state index contributed by atoms with van der Waals surface area (Å²) in [6.45, 7) is 0.370. The van der Waals surface area contributed by atoms with E-state index in [1.807, 2.05) is 6.07 Å². The molecule has 0 spiro atoms. The highest BCUT2D eigenvalue weighted by molar-refractivity contribution is 6.07. The average molecular weight is 333 g/mol. The maximum absolute atomic E-state index is 12.5. The van der Waals surface area contributed by atoms with E-state index in [9.17, 15) is 9.59 Å². The van der Waals surface area contributed by atoms with Crippen LogP contribution in [0.2, 0.25) is 0 Å². The molecule has 2 amide bonds. The zero-order chi connectivity index (χ0) is 17.8. The first-order chi connectivity index (χ1) is 12.2. The van der Waals surface area contributed by atoms with Crippen LogP contribution in [0.3, 0.4) is 0 Å². The number of nitrogens with zero attached hydrogens (tertiary/aromatic N) is 4. The smallest absolute Gasteiger partial charge is 0.252 e. The molecule has 25 heavy (non-hydrogen) atoms. The fourth-order valence-electron chi connectivity index (χ4n) is 3.02. The summed E-state index contributed by atoms with van der Waals surface area (Å²) in [6, 6.07) is 10.3. The molecule has 1 atom stereocenters. The van der Waals surface area contributed by atoms with Crippen LogP contribution >= 0.6 is 0 Å². The Morgan fingerprint density at radius 2 is 2.16 bits per heavy atom. The molecule has 0 saturated carbocycles. The number of hydrogen-bond acceptors (Lipinski definition) is 5. The van der Waals surface area contributed by atoms with Gasteiger partial charge in [-0.3, -0.25) is 14.6 Å². The minimum Gasteiger partial charge on any atom is -0.343 e. The second-order valence-electron chi connectivity index (χ2n) is 5.73. The quantitative estimate of drug-likeness (QED) is 0.911. The third-order valence-corrected chi connectivity index (χ3v) is 4.26. The highest BCUT2D eigenvalue weighted by atomic mass is 16.2. The summed E-state index contributed by atoms with van der Waals surface area (Å²) in [5.41, 5.74) is 1.19. The van der Waals surface area contributed by atoms with Crippen molar-refractivity contribution in [3.8, 4) is 12.1 Å². The lowest BCUT2D eigenvalue weighted by Crippen LogP contribution is -2.42. The molecule has 1 N–H and O–H groups in total. The molecule has 1 aliphatic rings. The van der Waals surface area contributed by atoms with E-state index in [4.69, 9.17) is 10.5 Å². The van der Waals surface area contributed by atoms with Crippen LogP contribution in [-0.4, -0.2) is 40.8 Å². The number of benzene rings is 1. The summed E-state index contributed by atoms with van der Waals surface area (Å²) < 4.78 is 0. The third kappa shape index (κ3) is 3.13. The number of nitrogens with one attached hydrogen (secondary N) is 1. The van der Waals surface area contributed by atoms with Gasteiger partial charge in [0.05, 0.1) is 29.3 Å². The lowest BCUT2D eigenvalue weighted by molar-refractivity contribution is -0.130. The van der Waals surface area contributed by atoms with Crippen molar-refractivity contribution in [2.75, 3.05) is 13.1 Å². The molecule has 7 nitrogen and oxygen atoms in total. The molecular weight excluding hydrogens is 318 g/mol. The minimum atomic E-state index is -0.413. The Balaban J connectivity index is 1.76. The summed E-state index contributed by atoms with van der Waals surface area (Å²) in [5.74, 6) is -0.683. The fraction of sp³-hybridized carbons (Fsp3) is 0.278. The number of rotatable bonds is 3. The molecule has 1 fully saturated rings. The Bertz CT molecular complexity index is 925. The van der Waals surface area contributed by atoms with Crippen LogP contribution in [0.15, 0.2) is 30.5 Å². The van der Waals surface area contributed by atoms with Gasteiger partial charge in [-0.15, -0.1) is 0 Å². The van der Waals surface area contributed by atoms with Crippen molar-refractivity contribution in [2.24, 2.45) is 0 Å². The number of pyridine rings is 1. The molecule has 2 aromatic rings. The SMILES string of the molecule is N#Cc1cccc2c(C(=O)NCC(=O)N3CCC[C@H]3C#N)ccnc12. The van der Waals surface area contributed by atoms with E-state index >= 15 is 0 Å². The van der Waals surface area contributed by atoms with E-state index in [0.717, 1.165) is 6.42 Å². The zero-order valence-corrected chi connectivity index (χ0v) is 13.4. The van der Waals surface area contributed by atoms with Crippen molar-refractivity contribution in [1.82, 2.24) is 15.2 Å². The van der Waals surface area contributed by atoms with Crippen LogP contribution < -0.4 is 5.32 Å². The topological polar surface area (TPSA) is 110 Å². The molecular formula is C18H15N5O2. The van der Waals surface area contributed by atoms with E-state index in [0.29, 0.717) is 35.0 Å². The molecule has 1 aromatic carbocycles. The van der Waals surface area contributed by atoms with Gasteiger partial charge in [0.2, 0.25) is 5.91 Å². The molecule has 0 unspecified atom stereocenters. The van der Waals surface area contributed by atoms with E-state index in [1.165, 1.54) is 11.1 Å². The Labute approximate surface area is 144 Å². The van der Waals surface area contributed by atoms with E-state index in [-0.39, 0.29) is 12.5 Å². The van der Waals surface area contributed by atoms with Gasteiger partial charge < -0.3 is 10.2 Å². The largest absolute Gasteiger partial charge is 0.343 e. The van der Waals surface area contributed by atoms with Crippen molar-refractivity contribution in [1.29, 1.82) is 10.5 Å². The Hall–Kier alpha value is -3.45. The number of hydrogen-bond donors (Lipinski definition) is 1. The highest BCUT2D eigenvalue weighted by Crippen LogP contribution is 2.20. The zero-order valence-electron chi connectivity index (χ0n) is 13.4. The first-order valence-corrected chi connectivity index (χ1v) is 7.91. The number of aromatic nitrogens is 1. The van der Waals surface area contributed by atoms with Crippen LogP contribution in [0, 0.1) is 22.7 Å². The monoisotopic (exact) mass is 333 g/mol. The average Bonchev–Trinajstić information content (AvgIpc) is 3.13. The lowest BCUT2D eigenvalue weighted by atomic mass is 10.1. The Kier molecular flexibility index (Phi) is 4.58. The predicted octanol–water partition coefficient (Wildman–Crippen LogP) is 1.35. The van der Waals surface area contributed by atoms with Crippen molar-refractivity contribution in [3.05, 3.63) is 41.6 Å². The number of carbonyl (C=O) groups is 2. The van der Waals surface area contributed by atoms with Crippen LogP contribution in [0.5, 0.6) is 0 Å². The number of likely N-dealkylation sites (tertiary alicyclic amines) is 1. The molecule has 124 valence electrons. The molecule has 1 aliphatic heterocycles. The second kappa shape index (κ2) is 6.98. The molecule has 1 aromatic heterocycles. The number of fused-ring (bicyclic) bond motifs is 1. The van der Waals surface area contributed by atoms with Crippen LogP contribution in [-0.2, 0) is 4.79 Å². The summed E-state index contributed by atoms with van der Waals surface area (Å²) in [5, 5.41) is 21.3.